The van der Waals surface area contributed by atoms with E-state index in [1.807, 2.05) is 0 Å². The third-order valence-corrected chi connectivity index (χ3v) is 2.23. The number of aromatic carboxylic acids is 1. The summed E-state index contributed by atoms with van der Waals surface area (Å²) in [6, 6.07) is 6.57. The molecule has 0 saturated heterocycles. The lowest BCUT2D eigenvalue weighted by atomic mass is 10.1. The zero-order valence-electron chi connectivity index (χ0n) is 8.17. The van der Waals surface area contributed by atoms with E-state index in [-0.39, 0.29) is 10.8 Å². The Morgan fingerprint density at radius 2 is 2.06 bits per heavy atom. The van der Waals surface area contributed by atoms with Crippen molar-refractivity contribution in [1.29, 1.82) is 0 Å². The van der Waals surface area contributed by atoms with Gasteiger partial charge < -0.3 is 5.11 Å². The summed E-state index contributed by atoms with van der Waals surface area (Å²) < 4.78 is 1.58. The monoisotopic (exact) mass is 237 g/mol. The smallest absolute Gasteiger partial charge is 0.335 e. The van der Waals surface area contributed by atoms with Crippen molar-refractivity contribution >= 4 is 17.6 Å². The lowest BCUT2D eigenvalue weighted by molar-refractivity contribution is 0.0697. The van der Waals surface area contributed by atoms with E-state index in [0.717, 1.165) is 5.56 Å². The molecule has 0 aliphatic rings. The fourth-order valence-electron chi connectivity index (χ4n) is 1.29. The zero-order chi connectivity index (χ0) is 11.5. The van der Waals surface area contributed by atoms with Crippen molar-refractivity contribution in [2.45, 2.75) is 6.54 Å². The molecule has 0 saturated carbocycles. The minimum atomic E-state index is -0.935. The molecular weight excluding hydrogens is 230 g/mol. The van der Waals surface area contributed by atoms with Gasteiger partial charge in [0, 0.05) is 0 Å². The first-order valence-electron chi connectivity index (χ1n) is 4.52. The van der Waals surface area contributed by atoms with Gasteiger partial charge in [0.1, 0.15) is 6.33 Å². The van der Waals surface area contributed by atoms with Crippen LogP contribution in [0.4, 0.5) is 0 Å². The Morgan fingerprint density at radius 1 is 1.38 bits per heavy atom. The minimum absolute atomic E-state index is 0.196. The van der Waals surface area contributed by atoms with Gasteiger partial charge in [-0.3, -0.25) is 0 Å². The van der Waals surface area contributed by atoms with Gasteiger partial charge in [-0.15, -0.1) is 5.10 Å². The minimum Gasteiger partial charge on any atom is -0.478 e. The quantitative estimate of drug-likeness (QED) is 0.882. The van der Waals surface area contributed by atoms with Crippen molar-refractivity contribution in [3.63, 3.8) is 0 Å². The highest BCUT2D eigenvalue weighted by Crippen LogP contribution is 2.06. The van der Waals surface area contributed by atoms with E-state index in [9.17, 15) is 4.79 Å². The molecule has 0 radical (unpaired) electrons. The molecule has 0 unspecified atom stereocenters. The molecule has 0 spiro atoms. The number of carboxylic acid groups (broad SMARTS) is 1. The van der Waals surface area contributed by atoms with Crippen LogP contribution in [0.15, 0.2) is 30.6 Å². The Labute approximate surface area is 96.3 Å². The fraction of sp³-hybridized carbons (Fsp3) is 0.100. The van der Waals surface area contributed by atoms with Gasteiger partial charge >= 0.3 is 5.97 Å². The molecule has 16 heavy (non-hydrogen) atoms. The van der Waals surface area contributed by atoms with Crippen molar-refractivity contribution in [3.05, 3.63) is 47.0 Å². The van der Waals surface area contributed by atoms with Gasteiger partial charge in [-0.2, -0.15) is 0 Å². The van der Waals surface area contributed by atoms with Crippen LogP contribution in [0, 0.1) is 0 Å². The molecule has 0 fully saturated rings. The third kappa shape index (κ3) is 2.38. The lowest BCUT2D eigenvalue weighted by Gasteiger charge is -2.01. The largest absolute Gasteiger partial charge is 0.478 e. The fourth-order valence-corrected chi connectivity index (χ4v) is 1.43. The number of benzene rings is 1. The normalized spacial score (nSPS) is 10.3. The molecule has 1 heterocycles. The van der Waals surface area contributed by atoms with Crippen LogP contribution >= 0.6 is 11.6 Å². The predicted molar refractivity (Wildman–Crippen MR) is 57.5 cm³/mol. The van der Waals surface area contributed by atoms with E-state index >= 15 is 0 Å². The van der Waals surface area contributed by atoms with Crippen LogP contribution < -0.4 is 0 Å². The molecule has 82 valence electrons. The number of rotatable bonds is 3. The zero-order valence-corrected chi connectivity index (χ0v) is 8.92. The summed E-state index contributed by atoms with van der Waals surface area (Å²) in [5.41, 5.74) is 1.20. The highest BCUT2D eigenvalue weighted by atomic mass is 35.5. The van der Waals surface area contributed by atoms with Crippen molar-refractivity contribution < 1.29 is 9.90 Å². The van der Waals surface area contributed by atoms with Crippen LogP contribution in [0.3, 0.4) is 0 Å². The van der Waals surface area contributed by atoms with Gasteiger partial charge in [-0.25, -0.2) is 14.5 Å². The summed E-state index contributed by atoms with van der Waals surface area (Å²) in [5, 5.41) is 12.8. The SMILES string of the molecule is O=C(O)c1ccc(Cn2cnc(Cl)n2)cc1. The predicted octanol–water partition coefficient (Wildman–Crippen LogP) is 1.68. The molecule has 0 bridgehead atoms. The maximum atomic E-state index is 10.6. The van der Waals surface area contributed by atoms with Gasteiger partial charge in [0.15, 0.2) is 0 Å². The first-order chi connectivity index (χ1) is 7.65. The summed E-state index contributed by atoms with van der Waals surface area (Å²) >= 11 is 5.57. The number of carbonyl (C=O) groups is 1. The Hall–Kier alpha value is -1.88. The Morgan fingerprint density at radius 3 is 2.56 bits per heavy atom. The second-order valence-electron chi connectivity index (χ2n) is 3.21. The van der Waals surface area contributed by atoms with E-state index in [0.29, 0.717) is 6.54 Å². The second kappa shape index (κ2) is 4.32. The Bertz CT molecular complexity index is 507. The molecule has 1 aromatic carbocycles. The first kappa shape index (κ1) is 10.6. The van der Waals surface area contributed by atoms with Gasteiger partial charge in [0.05, 0.1) is 12.1 Å². The van der Waals surface area contributed by atoms with Crippen molar-refractivity contribution in [3.8, 4) is 0 Å². The number of carboxylic acids is 1. The lowest BCUT2D eigenvalue weighted by Crippen LogP contribution is -2.01. The summed E-state index contributed by atoms with van der Waals surface area (Å²) in [6.07, 6.45) is 1.52. The molecule has 1 aromatic heterocycles. The van der Waals surface area contributed by atoms with Crippen molar-refractivity contribution in [1.82, 2.24) is 14.8 Å². The highest BCUT2D eigenvalue weighted by Gasteiger charge is 2.03. The summed E-state index contributed by atoms with van der Waals surface area (Å²) in [4.78, 5) is 14.4. The number of hydrogen-bond acceptors (Lipinski definition) is 3. The third-order valence-electron chi connectivity index (χ3n) is 2.05. The number of nitrogens with zero attached hydrogens (tertiary/aromatic N) is 3. The summed E-state index contributed by atoms with van der Waals surface area (Å²) in [6.45, 7) is 0.514. The standard InChI is InChI=1S/C10H8ClN3O2/c11-10-12-6-14(13-10)5-7-1-3-8(4-2-7)9(15)16/h1-4,6H,5H2,(H,15,16). The molecule has 2 aromatic rings. The van der Waals surface area contributed by atoms with E-state index < -0.39 is 5.97 Å². The van der Waals surface area contributed by atoms with Crippen LogP contribution in [0.2, 0.25) is 5.28 Å². The molecule has 0 atom stereocenters. The molecule has 0 aliphatic carbocycles. The number of halogens is 1. The van der Waals surface area contributed by atoms with Crippen LogP contribution in [-0.4, -0.2) is 25.8 Å². The number of aromatic nitrogens is 3. The van der Waals surface area contributed by atoms with Crippen LogP contribution in [-0.2, 0) is 6.54 Å². The van der Waals surface area contributed by atoms with Gasteiger partial charge in [0.2, 0.25) is 5.28 Å². The van der Waals surface area contributed by atoms with Crippen LogP contribution in [0.25, 0.3) is 0 Å². The van der Waals surface area contributed by atoms with E-state index in [4.69, 9.17) is 16.7 Å². The molecule has 6 heteroatoms. The molecule has 1 N–H and O–H groups in total. The van der Waals surface area contributed by atoms with Crippen molar-refractivity contribution in [2.75, 3.05) is 0 Å². The van der Waals surface area contributed by atoms with Gasteiger partial charge in [-0.05, 0) is 29.3 Å². The molecule has 5 nitrogen and oxygen atoms in total. The van der Waals surface area contributed by atoms with E-state index in [2.05, 4.69) is 10.1 Å². The van der Waals surface area contributed by atoms with Gasteiger partial charge in [0.25, 0.3) is 0 Å². The summed E-state index contributed by atoms with van der Waals surface area (Å²) in [5.74, 6) is -0.935. The van der Waals surface area contributed by atoms with Gasteiger partial charge in [-0.1, -0.05) is 12.1 Å². The van der Waals surface area contributed by atoms with E-state index in [1.165, 1.54) is 6.33 Å². The maximum absolute atomic E-state index is 10.6. The van der Waals surface area contributed by atoms with Crippen molar-refractivity contribution in [2.24, 2.45) is 0 Å². The second-order valence-corrected chi connectivity index (χ2v) is 3.55. The average Bonchev–Trinajstić information content (AvgIpc) is 2.65. The molecule has 2 rings (SSSR count). The molecule has 0 amide bonds. The van der Waals surface area contributed by atoms with Crippen LogP contribution in [0.5, 0.6) is 0 Å². The Balaban J connectivity index is 2.14. The maximum Gasteiger partial charge on any atom is 0.335 e. The first-order valence-corrected chi connectivity index (χ1v) is 4.90. The number of hydrogen-bond donors (Lipinski definition) is 1. The Kier molecular flexibility index (Phi) is 2.87. The highest BCUT2D eigenvalue weighted by molar-refractivity contribution is 6.28. The molecular formula is C10H8ClN3O2. The van der Waals surface area contributed by atoms with Crippen LogP contribution in [0.1, 0.15) is 15.9 Å². The summed E-state index contributed by atoms with van der Waals surface area (Å²) in [7, 11) is 0. The topological polar surface area (TPSA) is 68.0 Å². The van der Waals surface area contributed by atoms with E-state index in [1.54, 1.807) is 28.9 Å². The molecule has 0 aliphatic heterocycles. The average molecular weight is 238 g/mol.